The molecule has 6 aromatic rings. The highest BCUT2D eigenvalue weighted by atomic mass is 15.0. The predicted molar refractivity (Wildman–Crippen MR) is 115 cm³/mol. The third-order valence-electron chi connectivity index (χ3n) is 5.65. The van der Waals surface area contributed by atoms with Crippen molar-refractivity contribution < 1.29 is 0 Å². The van der Waals surface area contributed by atoms with Gasteiger partial charge in [0.15, 0.2) is 0 Å². The van der Waals surface area contributed by atoms with E-state index in [0.29, 0.717) is 0 Å². The zero-order valence-electron chi connectivity index (χ0n) is 15.3. The molecule has 0 fully saturated rings. The summed E-state index contributed by atoms with van der Waals surface area (Å²) in [6.45, 7) is 4.29. The van der Waals surface area contributed by atoms with Crippen molar-refractivity contribution in [1.82, 2.24) is 9.38 Å². The van der Waals surface area contributed by atoms with Crippen molar-refractivity contribution in [3.63, 3.8) is 0 Å². The maximum atomic E-state index is 5.08. The second kappa shape index (κ2) is 5.08. The Morgan fingerprint density at radius 1 is 0.667 bits per heavy atom. The first-order chi connectivity index (χ1) is 13.2. The minimum Gasteiger partial charge on any atom is -0.292 e. The molecule has 2 nitrogen and oxygen atoms in total. The molecule has 2 heterocycles. The lowest BCUT2D eigenvalue weighted by atomic mass is 9.99. The predicted octanol–water partition coefficient (Wildman–Crippen LogP) is 6.56. The summed E-state index contributed by atoms with van der Waals surface area (Å²) in [6, 6.07) is 26.3. The van der Waals surface area contributed by atoms with E-state index in [-0.39, 0.29) is 0 Å². The van der Waals surface area contributed by atoms with E-state index in [1.807, 2.05) is 0 Å². The van der Waals surface area contributed by atoms with Crippen LogP contribution in [0.5, 0.6) is 0 Å². The van der Waals surface area contributed by atoms with Crippen molar-refractivity contribution >= 4 is 49.1 Å². The zero-order valence-corrected chi connectivity index (χ0v) is 15.3. The number of hydrogen-bond acceptors (Lipinski definition) is 1. The van der Waals surface area contributed by atoms with Crippen LogP contribution >= 0.6 is 0 Å². The zero-order chi connectivity index (χ0) is 18.1. The summed E-state index contributed by atoms with van der Waals surface area (Å²) in [5.41, 5.74) is 7.00. The second-order valence-corrected chi connectivity index (χ2v) is 7.49. The van der Waals surface area contributed by atoms with E-state index in [0.717, 1.165) is 11.2 Å². The molecule has 0 bridgehead atoms. The molecule has 4 aromatic carbocycles. The van der Waals surface area contributed by atoms with Gasteiger partial charge >= 0.3 is 0 Å². The number of pyridine rings is 1. The molecule has 0 aliphatic carbocycles. The van der Waals surface area contributed by atoms with Crippen LogP contribution in [0.1, 0.15) is 11.1 Å². The average Bonchev–Trinajstić information content (AvgIpc) is 3.06. The van der Waals surface area contributed by atoms with Gasteiger partial charge in [0, 0.05) is 10.8 Å². The van der Waals surface area contributed by atoms with E-state index in [1.54, 1.807) is 0 Å². The summed E-state index contributed by atoms with van der Waals surface area (Å²) >= 11 is 0. The topological polar surface area (TPSA) is 17.3 Å². The lowest BCUT2D eigenvalue weighted by molar-refractivity contribution is 1.30. The van der Waals surface area contributed by atoms with E-state index in [4.69, 9.17) is 4.98 Å². The smallest absolute Gasteiger partial charge is 0.147 e. The molecule has 128 valence electrons. The van der Waals surface area contributed by atoms with Crippen LogP contribution in [0.3, 0.4) is 0 Å². The summed E-state index contributed by atoms with van der Waals surface area (Å²) in [5.74, 6) is 0. The number of nitrogens with zero attached hydrogens (tertiary/aromatic N) is 2. The van der Waals surface area contributed by atoms with Crippen LogP contribution in [-0.2, 0) is 0 Å². The van der Waals surface area contributed by atoms with Gasteiger partial charge < -0.3 is 0 Å². The van der Waals surface area contributed by atoms with Crippen molar-refractivity contribution in [3.05, 3.63) is 83.9 Å². The highest BCUT2D eigenvalue weighted by molar-refractivity contribution is 6.23. The number of aryl methyl sites for hydroxylation is 2. The minimum atomic E-state index is 1.04. The fourth-order valence-corrected chi connectivity index (χ4v) is 4.39. The summed E-state index contributed by atoms with van der Waals surface area (Å²) in [6.07, 6.45) is 0. The van der Waals surface area contributed by atoms with Crippen molar-refractivity contribution in [3.8, 4) is 0 Å². The molecule has 2 aromatic heterocycles. The SMILES string of the molecule is Cc1ccc2nc3c4c5ccccc5ccc4c4ccc(C)cc4n3c2c1. The molecule has 0 N–H and O–H groups in total. The van der Waals surface area contributed by atoms with E-state index >= 15 is 0 Å². The quantitative estimate of drug-likeness (QED) is 0.285. The Bertz CT molecular complexity index is 1540. The highest BCUT2D eigenvalue weighted by Crippen LogP contribution is 2.36. The maximum Gasteiger partial charge on any atom is 0.147 e. The Morgan fingerprint density at radius 2 is 1.41 bits per heavy atom. The highest BCUT2D eigenvalue weighted by Gasteiger charge is 2.15. The van der Waals surface area contributed by atoms with Crippen LogP contribution in [0.4, 0.5) is 0 Å². The summed E-state index contributed by atoms with van der Waals surface area (Å²) in [7, 11) is 0. The van der Waals surface area contributed by atoms with Gasteiger partial charge in [-0.3, -0.25) is 4.40 Å². The first kappa shape index (κ1) is 14.7. The van der Waals surface area contributed by atoms with E-state index in [9.17, 15) is 0 Å². The molecule has 0 saturated heterocycles. The fraction of sp³-hybridized carbons (Fsp3) is 0.0800. The van der Waals surface area contributed by atoms with E-state index in [2.05, 4.69) is 91.0 Å². The van der Waals surface area contributed by atoms with Crippen LogP contribution in [0.15, 0.2) is 72.8 Å². The number of rotatable bonds is 0. The van der Waals surface area contributed by atoms with Gasteiger partial charge in [0.05, 0.1) is 16.6 Å². The standard InChI is InChI=1S/C25H18N2/c1-15-7-10-19-20-11-9-17-5-3-4-6-18(17)24(20)25-26-21-12-8-16(2)14-23(21)27(25)22(19)13-15/h3-14H,1-2H3. The van der Waals surface area contributed by atoms with Crippen LogP contribution in [0.2, 0.25) is 0 Å². The van der Waals surface area contributed by atoms with Gasteiger partial charge in [-0.15, -0.1) is 0 Å². The van der Waals surface area contributed by atoms with Crippen molar-refractivity contribution in [2.45, 2.75) is 13.8 Å². The number of fused-ring (bicyclic) bond motifs is 10. The molecule has 0 aliphatic rings. The van der Waals surface area contributed by atoms with Gasteiger partial charge in [0.2, 0.25) is 0 Å². The first-order valence-corrected chi connectivity index (χ1v) is 9.33. The van der Waals surface area contributed by atoms with Crippen LogP contribution < -0.4 is 0 Å². The molecule has 2 heteroatoms. The van der Waals surface area contributed by atoms with E-state index in [1.165, 1.54) is 49.1 Å². The van der Waals surface area contributed by atoms with Crippen LogP contribution in [-0.4, -0.2) is 9.38 Å². The molecule has 27 heavy (non-hydrogen) atoms. The van der Waals surface area contributed by atoms with Gasteiger partial charge in [-0.25, -0.2) is 4.98 Å². The fourth-order valence-electron chi connectivity index (χ4n) is 4.39. The number of aromatic nitrogens is 2. The Hall–Kier alpha value is -3.39. The number of benzene rings is 4. The summed E-state index contributed by atoms with van der Waals surface area (Å²) in [4.78, 5) is 5.08. The third-order valence-corrected chi connectivity index (χ3v) is 5.65. The molecule has 0 saturated carbocycles. The average molecular weight is 346 g/mol. The normalized spacial score (nSPS) is 12.1. The number of imidazole rings is 1. The van der Waals surface area contributed by atoms with Crippen molar-refractivity contribution in [2.75, 3.05) is 0 Å². The Morgan fingerprint density at radius 3 is 2.30 bits per heavy atom. The van der Waals surface area contributed by atoms with Crippen molar-refractivity contribution in [2.24, 2.45) is 0 Å². The van der Waals surface area contributed by atoms with Gasteiger partial charge in [-0.1, -0.05) is 54.6 Å². The molecular formula is C25H18N2. The first-order valence-electron chi connectivity index (χ1n) is 9.33. The third kappa shape index (κ3) is 1.93. The Kier molecular flexibility index (Phi) is 2.77. The monoisotopic (exact) mass is 346 g/mol. The lowest BCUT2D eigenvalue weighted by Crippen LogP contribution is -1.93. The molecule has 6 rings (SSSR count). The largest absolute Gasteiger partial charge is 0.292 e. The van der Waals surface area contributed by atoms with Gasteiger partial charge in [0.25, 0.3) is 0 Å². The van der Waals surface area contributed by atoms with Gasteiger partial charge in [-0.05, 0) is 59.3 Å². The lowest BCUT2D eigenvalue weighted by Gasteiger charge is -2.12. The van der Waals surface area contributed by atoms with Gasteiger partial charge in [-0.2, -0.15) is 0 Å². The maximum absolute atomic E-state index is 5.08. The number of hydrogen-bond donors (Lipinski definition) is 0. The molecule has 0 unspecified atom stereocenters. The summed E-state index contributed by atoms with van der Waals surface area (Å²) < 4.78 is 2.35. The molecule has 0 amide bonds. The molecule has 0 atom stereocenters. The summed E-state index contributed by atoms with van der Waals surface area (Å²) in [5, 5.41) is 6.28. The Balaban J connectivity index is 2.04. The van der Waals surface area contributed by atoms with Gasteiger partial charge in [0.1, 0.15) is 5.65 Å². The van der Waals surface area contributed by atoms with E-state index < -0.39 is 0 Å². The second-order valence-electron chi connectivity index (χ2n) is 7.49. The van der Waals surface area contributed by atoms with Crippen molar-refractivity contribution in [1.29, 1.82) is 0 Å². The molecule has 0 spiro atoms. The minimum absolute atomic E-state index is 1.04. The molecule has 0 radical (unpaired) electrons. The molecule has 0 aliphatic heterocycles. The van der Waals surface area contributed by atoms with Crippen LogP contribution in [0.25, 0.3) is 49.1 Å². The Labute approximate surface area is 156 Å². The van der Waals surface area contributed by atoms with Crippen LogP contribution in [0, 0.1) is 13.8 Å². The molecular weight excluding hydrogens is 328 g/mol.